The van der Waals surface area contributed by atoms with E-state index in [1.807, 2.05) is 0 Å². The maximum Gasteiger partial charge on any atom is 0.273 e. The molecular weight excluding hydrogens is 412 g/mol. The number of nitrogens with two attached hydrogens (primary N) is 1. The van der Waals surface area contributed by atoms with Gasteiger partial charge >= 0.3 is 0 Å². The molecule has 0 aliphatic carbocycles. The summed E-state index contributed by atoms with van der Waals surface area (Å²) in [5, 5.41) is 26.5. The number of hydrogen-bond donors (Lipinski definition) is 2. The van der Waals surface area contributed by atoms with Gasteiger partial charge in [0.2, 0.25) is 10.0 Å². The Labute approximate surface area is 171 Å². The summed E-state index contributed by atoms with van der Waals surface area (Å²) in [6.45, 7) is 1.93. The first-order valence-corrected chi connectivity index (χ1v) is 10.3. The van der Waals surface area contributed by atoms with Gasteiger partial charge in [-0.15, -0.1) is 5.10 Å². The normalized spacial score (nSPS) is 11.3. The Hall–Kier alpha value is -3.64. The summed E-state index contributed by atoms with van der Waals surface area (Å²) in [6, 6.07) is 11.9. The van der Waals surface area contributed by atoms with Crippen LogP contribution in [0, 0.1) is 17.0 Å². The quantitative estimate of drug-likeness (QED) is 0.419. The fourth-order valence-electron chi connectivity index (χ4n) is 2.77. The topological polar surface area (TPSA) is 163 Å². The molecule has 0 spiro atoms. The summed E-state index contributed by atoms with van der Waals surface area (Å²) in [5.74, 6) is -0.440. The van der Waals surface area contributed by atoms with Gasteiger partial charge in [0.1, 0.15) is 0 Å². The molecule has 0 atom stereocenters. The number of nitrogens with one attached hydrogen (secondary N) is 1. The largest absolute Gasteiger partial charge is 0.350 e. The highest BCUT2D eigenvalue weighted by Crippen LogP contribution is 2.18. The van der Waals surface area contributed by atoms with Crippen molar-refractivity contribution in [2.24, 2.45) is 5.14 Å². The highest BCUT2D eigenvalue weighted by Gasteiger charge is 2.18. The number of nitro groups is 1. The second-order valence-electron chi connectivity index (χ2n) is 6.41. The molecule has 0 saturated heterocycles. The fourth-order valence-corrected chi connectivity index (χ4v) is 3.29. The van der Waals surface area contributed by atoms with Crippen molar-refractivity contribution in [2.45, 2.75) is 18.2 Å². The molecule has 0 radical (unpaired) electrons. The third-order valence-electron chi connectivity index (χ3n) is 4.35. The zero-order valence-corrected chi connectivity index (χ0v) is 16.7. The Morgan fingerprint density at radius 1 is 1.23 bits per heavy atom. The number of rotatable bonds is 7. The van der Waals surface area contributed by atoms with Crippen molar-refractivity contribution in [3.8, 4) is 5.69 Å². The number of sulfonamides is 1. The van der Waals surface area contributed by atoms with Crippen molar-refractivity contribution in [1.29, 1.82) is 0 Å². The highest BCUT2D eigenvalue weighted by molar-refractivity contribution is 7.89. The second kappa shape index (κ2) is 8.39. The number of non-ortho nitro benzene ring substituents is 1. The van der Waals surface area contributed by atoms with E-state index in [4.69, 9.17) is 5.14 Å². The van der Waals surface area contributed by atoms with Crippen LogP contribution >= 0.6 is 0 Å². The minimum absolute atomic E-state index is 0.0173. The Morgan fingerprint density at radius 2 is 1.93 bits per heavy atom. The van der Waals surface area contributed by atoms with Crippen molar-refractivity contribution >= 4 is 21.6 Å². The summed E-state index contributed by atoms with van der Waals surface area (Å²) >= 11 is 0. The summed E-state index contributed by atoms with van der Waals surface area (Å²) in [7, 11) is -3.75. The smallest absolute Gasteiger partial charge is 0.273 e. The van der Waals surface area contributed by atoms with Crippen LogP contribution in [-0.4, -0.2) is 40.8 Å². The molecule has 30 heavy (non-hydrogen) atoms. The first-order chi connectivity index (χ1) is 14.2. The van der Waals surface area contributed by atoms with Crippen LogP contribution in [-0.2, 0) is 16.4 Å². The Kier molecular flexibility index (Phi) is 5.89. The zero-order valence-electron chi connectivity index (χ0n) is 15.8. The number of amides is 1. The van der Waals surface area contributed by atoms with Crippen LogP contribution in [0.5, 0.6) is 0 Å². The maximum atomic E-state index is 12.4. The van der Waals surface area contributed by atoms with Crippen LogP contribution in [0.4, 0.5) is 5.69 Å². The minimum atomic E-state index is -3.75. The van der Waals surface area contributed by atoms with E-state index < -0.39 is 20.9 Å². The molecule has 156 valence electrons. The summed E-state index contributed by atoms with van der Waals surface area (Å²) in [6.07, 6.45) is 0.467. The van der Waals surface area contributed by atoms with Gasteiger partial charge in [-0.3, -0.25) is 14.9 Å². The number of hydrogen-bond acceptors (Lipinski definition) is 7. The van der Waals surface area contributed by atoms with Gasteiger partial charge in [0.25, 0.3) is 11.6 Å². The molecule has 0 aliphatic rings. The molecule has 1 aromatic heterocycles. The van der Waals surface area contributed by atoms with Crippen LogP contribution in [0.15, 0.2) is 53.4 Å². The van der Waals surface area contributed by atoms with Gasteiger partial charge in [-0.2, -0.15) is 0 Å². The number of aromatic nitrogens is 3. The average Bonchev–Trinajstić information content (AvgIpc) is 3.09. The molecule has 0 aliphatic heterocycles. The molecule has 2 aromatic carbocycles. The average molecular weight is 430 g/mol. The SMILES string of the molecule is Cc1c(C(=O)NCCc2ccc(S(N)(=O)=O)cc2)nnn1-c1cccc([N+](=O)[O-])c1. The van der Waals surface area contributed by atoms with Crippen molar-refractivity contribution in [3.63, 3.8) is 0 Å². The Morgan fingerprint density at radius 3 is 2.57 bits per heavy atom. The number of nitro benzene ring substituents is 1. The van der Waals surface area contributed by atoms with Crippen LogP contribution in [0.25, 0.3) is 5.69 Å². The van der Waals surface area contributed by atoms with Gasteiger partial charge in [-0.25, -0.2) is 18.2 Å². The molecule has 3 aromatic rings. The number of nitrogens with zero attached hydrogens (tertiary/aromatic N) is 4. The first-order valence-electron chi connectivity index (χ1n) is 8.74. The van der Waals surface area contributed by atoms with Crippen LogP contribution < -0.4 is 10.5 Å². The standard InChI is InChI=1S/C18H18N6O5S/c1-12-17(21-22-23(12)14-3-2-4-15(11-14)24(26)27)18(25)20-10-9-13-5-7-16(8-6-13)30(19,28)29/h2-8,11H,9-10H2,1H3,(H,20,25)(H2,19,28,29). The predicted octanol–water partition coefficient (Wildman–Crippen LogP) is 1.10. The third kappa shape index (κ3) is 4.67. The highest BCUT2D eigenvalue weighted by atomic mass is 32.2. The summed E-state index contributed by atoms with van der Waals surface area (Å²) < 4.78 is 23.9. The second-order valence-corrected chi connectivity index (χ2v) is 7.97. The summed E-state index contributed by atoms with van der Waals surface area (Å²) in [4.78, 5) is 22.9. The van der Waals surface area contributed by atoms with Crippen LogP contribution in [0.2, 0.25) is 0 Å². The number of carbonyl (C=O) groups is 1. The van der Waals surface area contributed by atoms with Crippen molar-refractivity contribution in [1.82, 2.24) is 20.3 Å². The molecule has 11 nitrogen and oxygen atoms in total. The Bertz CT molecular complexity index is 1200. The number of carbonyl (C=O) groups excluding carboxylic acids is 1. The van der Waals surface area contributed by atoms with Gasteiger partial charge in [-0.1, -0.05) is 23.4 Å². The van der Waals surface area contributed by atoms with Crippen molar-refractivity contribution in [2.75, 3.05) is 6.54 Å². The molecular formula is C18H18N6O5S. The Balaban J connectivity index is 1.65. The third-order valence-corrected chi connectivity index (χ3v) is 5.28. The van der Waals surface area contributed by atoms with E-state index in [2.05, 4.69) is 15.6 Å². The van der Waals surface area contributed by atoms with E-state index in [0.717, 1.165) is 5.56 Å². The van der Waals surface area contributed by atoms with Gasteiger partial charge in [-0.05, 0) is 37.1 Å². The molecule has 3 N–H and O–H groups in total. The van der Waals surface area contributed by atoms with Crippen molar-refractivity contribution in [3.05, 3.63) is 75.6 Å². The van der Waals surface area contributed by atoms with Gasteiger partial charge in [0, 0.05) is 18.7 Å². The molecule has 0 bridgehead atoms. The molecule has 1 heterocycles. The van der Waals surface area contributed by atoms with E-state index in [-0.39, 0.29) is 22.8 Å². The molecule has 0 saturated carbocycles. The summed E-state index contributed by atoms with van der Waals surface area (Å²) in [5.41, 5.74) is 1.68. The molecule has 3 rings (SSSR count). The lowest BCUT2D eigenvalue weighted by Crippen LogP contribution is -2.26. The maximum absolute atomic E-state index is 12.4. The molecule has 0 fully saturated rings. The first kappa shape index (κ1) is 21.1. The fraction of sp³-hybridized carbons (Fsp3) is 0.167. The lowest BCUT2D eigenvalue weighted by Gasteiger charge is -2.06. The molecule has 1 amide bonds. The molecule has 0 unspecified atom stereocenters. The number of benzene rings is 2. The predicted molar refractivity (Wildman–Crippen MR) is 107 cm³/mol. The zero-order chi connectivity index (χ0) is 21.9. The van der Waals surface area contributed by atoms with E-state index in [1.54, 1.807) is 25.1 Å². The monoisotopic (exact) mass is 430 g/mol. The lowest BCUT2D eigenvalue weighted by molar-refractivity contribution is -0.384. The molecule has 12 heteroatoms. The minimum Gasteiger partial charge on any atom is -0.350 e. The van der Waals surface area contributed by atoms with E-state index >= 15 is 0 Å². The van der Waals surface area contributed by atoms with Crippen molar-refractivity contribution < 1.29 is 18.1 Å². The van der Waals surface area contributed by atoms with E-state index in [9.17, 15) is 23.3 Å². The van der Waals surface area contributed by atoms with Gasteiger partial charge in [0.05, 0.1) is 21.2 Å². The van der Waals surface area contributed by atoms with E-state index in [0.29, 0.717) is 17.8 Å². The van der Waals surface area contributed by atoms with Crippen LogP contribution in [0.3, 0.4) is 0 Å². The van der Waals surface area contributed by atoms with E-state index in [1.165, 1.54) is 35.0 Å². The van der Waals surface area contributed by atoms with Gasteiger partial charge < -0.3 is 5.32 Å². The number of primary sulfonamides is 1. The lowest BCUT2D eigenvalue weighted by atomic mass is 10.1. The van der Waals surface area contributed by atoms with Crippen LogP contribution in [0.1, 0.15) is 21.7 Å². The van der Waals surface area contributed by atoms with Gasteiger partial charge in [0.15, 0.2) is 5.69 Å².